The van der Waals surface area contributed by atoms with E-state index >= 15 is 0 Å². The first kappa shape index (κ1) is 10.7. The second-order valence-corrected chi connectivity index (χ2v) is 4.74. The summed E-state index contributed by atoms with van der Waals surface area (Å²) in [4.78, 5) is 0. The Morgan fingerprint density at radius 1 is 1.35 bits per heavy atom. The molecule has 0 saturated carbocycles. The van der Waals surface area contributed by atoms with Crippen molar-refractivity contribution in [3.05, 3.63) is 41.2 Å². The van der Waals surface area contributed by atoms with Crippen LogP contribution in [0.3, 0.4) is 0 Å². The Labute approximate surface area is 105 Å². The molecule has 17 heavy (non-hydrogen) atoms. The van der Waals surface area contributed by atoms with Crippen LogP contribution in [0.2, 0.25) is 5.02 Å². The van der Waals surface area contributed by atoms with E-state index in [-0.39, 0.29) is 0 Å². The number of aromatic nitrogens is 3. The van der Waals surface area contributed by atoms with Gasteiger partial charge in [-0.05, 0) is 37.6 Å². The lowest BCUT2D eigenvalue weighted by Crippen LogP contribution is -2.43. The molecule has 1 aromatic heterocycles. The first-order valence-electron chi connectivity index (χ1n) is 5.70. The van der Waals surface area contributed by atoms with Gasteiger partial charge in [0.25, 0.3) is 0 Å². The number of para-hydroxylation sites is 1. The average Bonchev–Trinajstić information content (AvgIpc) is 2.73. The maximum absolute atomic E-state index is 6.11. The molecule has 0 aliphatic carbocycles. The van der Waals surface area contributed by atoms with Gasteiger partial charge >= 0.3 is 0 Å². The highest BCUT2D eigenvalue weighted by Gasteiger charge is 2.18. The zero-order valence-electron chi connectivity index (χ0n) is 9.31. The van der Waals surface area contributed by atoms with Crippen molar-refractivity contribution in [2.75, 3.05) is 13.1 Å². The molecule has 1 aliphatic heterocycles. The average molecular weight is 249 g/mol. The minimum absolute atomic E-state index is 0.689. The summed E-state index contributed by atoms with van der Waals surface area (Å²) >= 11 is 6.11. The molecule has 0 spiro atoms. The lowest BCUT2D eigenvalue weighted by Gasteiger charge is -2.25. The molecule has 0 unspecified atom stereocenters. The fourth-order valence-electron chi connectivity index (χ4n) is 1.94. The van der Waals surface area contributed by atoms with Crippen LogP contribution in [0.25, 0.3) is 5.69 Å². The van der Waals surface area contributed by atoms with Gasteiger partial charge in [0.15, 0.2) is 0 Å². The van der Waals surface area contributed by atoms with E-state index < -0.39 is 0 Å². The molecule has 2 heterocycles. The van der Waals surface area contributed by atoms with E-state index in [0.717, 1.165) is 30.9 Å². The first-order chi connectivity index (χ1) is 8.33. The molecule has 1 aromatic carbocycles. The normalized spacial score (nSPS) is 15.8. The highest BCUT2D eigenvalue weighted by atomic mass is 35.5. The molecule has 0 bridgehead atoms. The number of rotatable bonds is 3. The van der Waals surface area contributed by atoms with E-state index in [1.165, 1.54) is 0 Å². The van der Waals surface area contributed by atoms with Gasteiger partial charge in [-0.1, -0.05) is 28.9 Å². The quantitative estimate of drug-likeness (QED) is 0.899. The van der Waals surface area contributed by atoms with Gasteiger partial charge in [0.1, 0.15) is 0 Å². The van der Waals surface area contributed by atoms with Gasteiger partial charge in [-0.2, -0.15) is 0 Å². The monoisotopic (exact) mass is 248 g/mol. The second kappa shape index (κ2) is 4.47. The maximum Gasteiger partial charge on any atom is 0.0849 e. The van der Waals surface area contributed by atoms with Crippen LogP contribution in [0.4, 0.5) is 0 Å². The van der Waals surface area contributed by atoms with Crippen LogP contribution in [-0.4, -0.2) is 28.1 Å². The number of nitrogens with zero attached hydrogens (tertiary/aromatic N) is 3. The van der Waals surface area contributed by atoms with Crippen LogP contribution < -0.4 is 5.32 Å². The topological polar surface area (TPSA) is 42.7 Å². The van der Waals surface area contributed by atoms with Gasteiger partial charge in [-0.25, -0.2) is 4.68 Å². The summed E-state index contributed by atoms with van der Waals surface area (Å²) in [5.74, 6) is 0.700. The standard InChI is InChI=1S/C12H13ClN4/c13-11-3-1-2-4-12(11)17-8-10(15-16-17)5-9-6-14-7-9/h1-4,8-9,14H,5-7H2. The SMILES string of the molecule is Clc1ccccc1-n1cc(CC2CNC2)nn1. The summed E-state index contributed by atoms with van der Waals surface area (Å²) in [7, 11) is 0. The lowest BCUT2D eigenvalue weighted by atomic mass is 9.98. The van der Waals surface area contributed by atoms with Crippen LogP contribution in [-0.2, 0) is 6.42 Å². The number of halogens is 1. The van der Waals surface area contributed by atoms with Gasteiger partial charge < -0.3 is 5.32 Å². The summed E-state index contributed by atoms with van der Waals surface area (Å²) in [6, 6.07) is 7.64. The molecular weight excluding hydrogens is 236 g/mol. The Kier molecular flexibility index (Phi) is 2.82. The Morgan fingerprint density at radius 2 is 2.18 bits per heavy atom. The minimum Gasteiger partial charge on any atom is -0.316 e. The molecule has 2 aromatic rings. The molecule has 1 saturated heterocycles. The molecule has 5 heteroatoms. The van der Waals surface area contributed by atoms with Crippen molar-refractivity contribution in [2.45, 2.75) is 6.42 Å². The zero-order chi connectivity index (χ0) is 11.7. The highest BCUT2D eigenvalue weighted by Crippen LogP contribution is 2.19. The third kappa shape index (κ3) is 2.18. The smallest absolute Gasteiger partial charge is 0.0849 e. The molecule has 88 valence electrons. The highest BCUT2D eigenvalue weighted by molar-refractivity contribution is 6.32. The molecule has 1 N–H and O–H groups in total. The molecule has 0 radical (unpaired) electrons. The Morgan fingerprint density at radius 3 is 2.88 bits per heavy atom. The Hall–Kier alpha value is -1.39. The predicted octanol–water partition coefficient (Wildman–Crippen LogP) is 1.68. The number of hydrogen-bond acceptors (Lipinski definition) is 3. The maximum atomic E-state index is 6.11. The number of hydrogen-bond donors (Lipinski definition) is 1. The van der Waals surface area contributed by atoms with Crippen molar-refractivity contribution < 1.29 is 0 Å². The van der Waals surface area contributed by atoms with Gasteiger partial charge in [0, 0.05) is 0 Å². The van der Waals surface area contributed by atoms with Crippen molar-refractivity contribution in [3.63, 3.8) is 0 Å². The third-order valence-corrected chi connectivity index (χ3v) is 3.32. The number of nitrogens with one attached hydrogen (secondary N) is 1. The van der Waals surface area contributed by atoms with E-state index in [1.807, 2.05) is 30.5 Å². The zero-order valence-corrected chi connectivity index (χ0v) is 10.1. The molecule has 1 aliphatic rings. The summed E-state index contributed by atoms with van der Waals surface area (Å²) < 4.78 is 1.74. The molecule has 0 amide bonds. The largest absolute Gasteiger partial charge is 0.316 e. The summed E-state index contributed by atoms with van der Waals surface area (Å²) in [6.45, 7) is 2.16. The van der Waals surface area contributed by atoms with Crippen molar-refractivity contribution in [2.24, 2.45) is 5.92 Å². The van der Waals surface area contributed by atoms with E-state index in [0.29, 0.717) is 10.9 Å². The fourth-order valence-corrected chi connectivity index (χ4v) is 2.16. The summed E-state index contributed by atoms with van der Waals surface area (Å²) in [5.41, 5.74) is 1.90. The van der Waals surface area contributed by atoms with Gasteiger partial charge in [-0.3, -0.25) is 0 Å². The molecule has 1 fully saturated rings. The van der Waals surface area contributed by atoms with Crippen LogP contribution in [0, 0.1) is 5.92 Å². The van der Waals surface area contributed by atoms with E-state index in [9.17, 15) is 0 Å². The van der Waals surface area contributed by atoms with Crippen molar-refractivity contribution in [1.29, 1.82) is 0 Å². The summed E-state index contributed by atoms with van der Waals surface area (Å²) in [6.07, 6.45) is 2.94. The minimum atomic E-state index is 0.689. The molecule has 0 atom stereocenters. The Bertz CT molecular complexity index is 519. The van der Waals surface area contributed by atoms with E-state index in [2.05, 4.69) is 15.6 Å². The molecule has 3 rings (SSSR count). The predicted molar refractivity (Wildman–Crippen MR) is 66.4 cm³/mol. The van der Waals surface area contributed by atoms with Gasteiger partial charge in [0.2, 0.25) is 0 Å². The third-order valence-electron chi connectivity index (χ3n) is 3.00. The number of benzene rings is 1. The Balaban J connectivity index is 1.82. The van der Waals surface area contributed by atoms with Gasteiger partial charge in [0.05, 0.1) is 22.6 Å². The lowest BCUT2D eigenvalue weighted by molar-refractivity contribution is 0.344. The van der Waals surface area contributed by atoms with Crippen LogP contribution in [0.5, 0.6) is 0 Å². The van der Waals surface area contributed by atoms with Gasteiger partial charge in [-0.15, -0.1) is 5.10 Å². The van der Waals surface area contributed by atoms with Crippen molar-refractivity contribution in [1.82, 2.24) is 20.3 Å². The first-order valence-corrected chi connectivity index (χ1v) is 6.07. The van der Waals surface area contributed by atoms with E-state index in [4.69, 9.17) is 11.6 Å². The van der Waals surface area contributed by atoms with Crippen LogP contribution in [0.15, 0.2) is 30.5 Å². The fraction of sp³-hybridized carbons (Fsp3) is 0.333. The molecular formula is C12H13ClN4. The van der Waals surface area contributed by atoms with Crippen LogP contribution >= 0.6 is 11.6 Å². The van der Waals surface area contributed by atoms with Crippen molar-refractivity contribution in [3.8, 4) is 5.69 Å². The second-order valence-electron chi connectivity index (χ2n) is 4.33. The van der Waals surface area contributed by atoms with Crippen molar-refractivity contribution >= 4 is 11.6 Å². The van der Waals surface area contributed by atoms with Crippen LogP contribution in [0.1, 0.15) is 5.69 Å². The van der Waals surface area contributed by atoms with E-state index in [1.54, 1.807) is 4.68 Å². The molecule has 4 nitrogen and oxygen atoms in total. The summed E-state index contributed by atoms with van der Waals surface area (Å²) in [5, 5.41) is 12.2.